The van der Waals surface area contributed by atoms with Crippen molar-refractivity contribution in [3.8, 4) is 0 Å². The molecule has 0 aromatic carbocycles. The molecule has 0 bridgehead atoms. The van der Waals surface area contributed by atoms with E-state index in [2.05, 4.69) is 16.7 Å². The Morgan fingerprint density at radius 1 is 1.18 bits per heavy atom. The van der Waals surface area contributed by atoms with Gasteiger partial charge in [0.1, 0.15) is 0 Å². The average molecular weight is 237 g/mol. The van der Waals surface area contributed by atoms with Crippen LogP contribution in [0.15, 0.2) is 0 Å². The summed E-state index contributed by atoms with van der Waals surface area (Å²) >= 11 is 0. The zero-order chi connectivity index (χ0) is 11.9. The van der Waals surface area contributed by atoms with E-state index in [-0.39, 0.29) is 5.54 Å². The summed E-state index contributed by atoms with van der Waals surface area (Å²) in [5.41, 5.74) is 6.57. The first kappa shape index (κ1) is 11.9. The van der Waals surface area contributed by atoms with Crippen LogP contribution in [-0.2, 0) is 0 Å². The molecule has 2 heterocycles. The normalized spacial score (nSPS) is 38.5. The standard InChI is InChI=1S/C14H27N3/c1-12-9-16-8-3-2-5-13(16)10-17(12)11-14(15)6-4-7-14/h12-13H,2-11,15H2,1H3. The Balaban J connectivity index is 1.61. The van der Waals surface area contributed by atoms with Crippen LogP contribution < -0.4 is 5.73 Å². The molecule has 3 fully saturated rings. The first-order valence-electron chi connectivity index (χ1n) is 7.43. The maximum Gasteiger partial charge on any atom is 0.0283 e. The van der Waals surface area contributed by atoms with Gasteiger partial charge < -0.3 is 5.73 Å². The monoisotopic (exact) mass is 237 g/mol. The van der Waals surface area contributed by atoms with Crippen molar-refractivity contribution in [2.75, 3.05) is 26.2 Å². The second kappa shape index (κ2) is 4.52. The maximum absolute atomic E-state index is 6.41. The number of rotatable bonds is 2. The smallest absolute Gasteiger partial charge is 0.0283 e. The van der Waals surface area contributed by atoms with Crippen LogP contribution in [0.4, 0.5) is 0 Å². The van der Waals surface area contributed by atoms with E-state index in [4.69, 9.17) is 5.73 Å². The lowest BCUT2D eigenvalue weighted by Gasteiger charge is -2.51. The Kier molecular flexibility index (Phi) is 3.18. The summed E-state index contributed by atoms with van der Waals surface area (Å²) < 4.78 is 0. The predicted octanol–water partition coefficient (Wildman–Crippen LogP) is 1.43. The fourth-order valence-corrected chi connectivity index (χ4v) is 3.83. The summed E-state index contributed by atoms with van der Waals surface area (Å²) in [7, 11) is 0. The molecule has 0 amide bonds. The van der Waals surface area contributed by atoms with Crippen LogP contribution >= 0.6 is 0 Å². The third-order valence-corrected chi connectivity index (χ3v) is 5.18. The largest absolute Gasteiger partial charge is 0.324 e. The van der Waals surface area contributed by atoms with Gasteiger partial charge in [-0.2, -0.15) is 0 Å². The van der Waals surface area contributed by atoms with E-state index in [1.807, 2.05) is 0 Å². The van der Waals surface area contributed by atoms with Crippen LogP contribution in [0.25, 0.3) is 0 Å². The van der Waals surface area contributed by atoms with E-state index in [1.165, 1.54) is 58.2 Å². The van der Waals surface area contributed by atoms with Crippen molar-refractivity contribution in [2.45, 2.75) is 63.1 Å². The molecular formula is C14H27N3. The quantitative estimate of drug-likeness (QED) is 0.788. The van der Waals surface area contributed by atoms with Gasteiger partial charge in [-0.15, -0.1) is 0 Å². The van der Waals surface area contributed by atoms with Crippen LogP contribution in [0.1, 0.15) is 45.4 Å². The summed E-state index contributed by atoms with van der Waals surface area (Å²) in [6, 6.07) is 1.52. The molecule has 0 spiro atoms. The average Bonchev–Trinajstić information content (AvgIpc) is 2.28. The molecule has 0 aromatic rings. The molecule has 98 valence electrons. The Morgan fingerprint density at radius 2 is 2.00 bits per heavy atom. The minimum atomic E-state index is 0.158. The van der Waals surface area contributed by atoms with Crippen LogP contribution in [0.2, 0.25) is 0 Å². The molecule has 1 saturated carbocycles. The molecule has 0 radical (unpaired) electrons. The molecule has 2 atom stereocenters. The molecule has 0 aromatic heterocycles. The fourth-order valence-electron chi connectivity index (χ4n) is 3.83. The van der Waals surface area contributed by atoms with Crippen LogP contribution in [0, 0.1) is 0 Å². The van der Waals surface area contributed by atoms with Gasteiger partial charge in [0.05, 0.1) is 0 Å². The van der Waals surface area contributed by atoms with Crippen molar-refractivity contribution in [2.24, 2.45) is 5.73 Å². The van der Waals surface area contributed by atoms with Crippen molar-refractivity contribution < 1.29 is 0 Å². The summed E-state index contributed by atoms with van der Waals surface area (Å²) in [6.07, 6.45) is 8.06. The summed E-state index contributed by atoms with van der Waals surface area (Å²) in [6.45, 7) is 7.38. The van der Waals surface area contributed by atoms with E-state index < -0.39 is 0 Å². The lowest BCUT2D eigenvalue weighted by molar-refractivity contribution is -0.00419. The summed E-state index contributed by atoms with van der Waals surface area (Å²) in [4.78, 5) is 5.39. The molecule has 2 saturated heterocycles. The molecule has 17 heavy (non-hydrogen) atoms. The van der Waals surface area contributed by atoms with Gasteiger partial charge in [-0.05, 0) is 45.6 Å². The second-order valence-electron chi connectivity index (χ2n) is 6.64. The molecule has 3 aliphatic rings. The summed E-state index contributed by atoms with van der Waals surface area (Å²) in [5, 5.41) is 0. The van der Waals surface area contributed by atoms with Crippen molar-refractivity contribution in [3.05, 3.63) is 0 Å². The molecular weight excluding hydrogens is 210 g/mol. The number of hydrogen-bond acceptors (Lipinski definition) is 3. The Hall–Kier alpha value is -0.120. The van der Waals surface area contributed by atoms with Crippen molar-refractivity contribution in [1.82, 2.24) is 9.80 Å². The number of hydrogen-bond donors (Lipinski definition) is 1. The van der Waals surface area contributed by atoms with Gasteiger partial charge in [-0.25, -0.2) is 0 Å². The third-order valence-electron chi connectivity index (χ3n) is 5.18. The minimum Gasteiger partial charge on any atom is -0.324 e. The van der Waals surface area contributed by atoms with E-state index in [0.717, 1.165) is 12.6 Å². The number of piperazine rings is 1. The van der Waals surface area contributed by atoms with Crippen molar-refractivity contribution in [3.63, 3.8) is 0 Å². The Labute approximate surface area is 105 Å². The van der Waals surface area contributed by atoms with E-state index in [9.17, 15) is 0 Å². The van der Waals surface area contributed by atoms with Gasteiger partial charge in [0.25, 0.3) is 0 Å². The molecule has 3 heteroatoms. The molecule has 3 nitrogen and oxygen atoms in total. The highest BCUT2D eigenvalue weighted by Gasteiger charge is 2.39. The highest BCUT2D eigenvalue weighted by Crippen LogP contribution is 2.32. The van der Waals surface area contributed by atoms with E-state index in [1.54, 1.807) is 0 Å². The number of nitrogens with zero attached hydrogens (tertiary/aromatic N) is 2. The topological polar surface area (TPSA) is 32.5 Å². The molecule has 1 aliphatic carbocycles. The van der Waals surface area contributed by atoms with Gasteiger partial charge in [-0.3, -0.25) is 9.80 Å². The summed E-state index contributed by atoms with van der Waals surface area (Å²) in [5.74, 6) is 0. The van der Waals surface area contributed by atoms with Gasteiger partial charge >= 0.3 is 0 Å². The minimum absolute atomic E-state index is 0.158. The number of piperidine rings is 1. The highest BCUT2D eigenvalue weighted by molar-refractivity contribution is 4.98. The van der Waals surface area contributed by atoms with Crippen LogP contribution in [0.5, 0.6) is 0 Å². The van der Waals surface area contributed by atoms with Crippen LogP contribution in [0.3, 0.4) is 0 Å². The first-order valence-corrected chi connectivity index (χ1v) is 7.43. The number of fused-ring (bicyclic) bond motifs is 1. The highest BCUT2D eigenvalue weighted by atomic mass is 15.3. The Morgan fingerprint density at radius 3 is 2.71 bits per heavy atom. The lowest BCUT2D eigenvalue weighted by Crippen LogP contribution is -2.64. The zero-order valence-electron chi connectivity index (χ0n) is 11.2. The van der Waals surface area contributed by atoms with E-state index in [0.29, 0.717) is 6.04 Å². The molecule has 2 aliphatic heterocycles. The van der Waals surface area contributed by atoms with Crippen LogP contribution in [-0.4, -0.2) is 53.6 Å². The number of nitrogens with two attached hydrogens (primary N) is 1. The van der Waals surface area contributed by atoms with E-state index >= 15 is 0 Å². The van der Waals surface area contributed by atoms with Crippen molar-refractivity contribution in [1.29, 1.82) is 0 Å². The lowest BCUT2D eigenvalue weighted by atomic mass is 9.77. The zero-order valence-corrected chi connectivity index (χ0v) is 11.2. The molecule has 3 rings (SSSR count). The van der Waals surface area contributed by atoms with Gasteiger partial charge in [0, 0.05) is 37.3 Å². The maximum atomic E-state index is 6.41. The molecule has 2 N–H and O–H groups in total. The third kappa shape index (κ3) is 2.38. The fraction of sp³-hybridized carbons (Fsp3) is 1.00. The first-order chi connectivity index (χ1) is 8.16. The molecule has 2 unspecified atom stereocenters. The predicted molar refractivity (Wildman–Crippen MR) is 71.0 cm³/mol. The van der Waals surface area contributed by atoms with Gasteiger partial charge in [-0.1, -0.05) is 6.42 Å². The SMILES string of the molecule is CC1CN2CCCCC2CN1CC1(N)CCC1. The van der Waals surface area contributed by atoms with Gasteiger partial charge in [0.2, 0.25) is 0 Å². The van der Waals surface area contributed by atoms with Crippen molar-refractivity contribution >= 4 is 0 Å². The van der Waals surface area contributed by atoms with Gasteiger partial charge in [0.15, 0.2) is 0 Å². The second-order valence-corrected chi connectivity index (χ2v) is 6.64. The Bertz CT molecular complexity index is 275.